The first-order valence-corrected chi connectivity index (χ1v) is 6.55. The molecule has 2 heterocycles. The number of H-pyrrole nitrogens is 1. The largest absolute Gasteiger partial charge is 0.350 e. The highest BCUT2D eigenvalue weighted by atomic mass is 16.2. The molecule has 0 bridgehead atoms. The Morgan fingerprint density at radius 1 is 1.33 bits per heavy atom. The summed E-state index contributed by atoms with van der Waals surface area (Å²) in [5.74, 6) is -0.274. The maximum Gasteiger partial charge on any atom is 0.287 e. The third-order valence-electron chi connectivity index (χ3n) is 3.09. The van der Waals surface area contributed by atoms with Crippen LogP contribution in [0.1, 0.15) is 21.6 Å². The number of hydrazone groups is 1. The van der Waals surface area contributed by atoms with Crippen molar-refractivity contribution in [1.82, 2.24) is 15.4 Å². The van der Waals surface area contributed by atoms with E-state index in [2.05, 4.69) is 20.5 Å². The first-order valence-electron chi connectivity index (χ1n) is 6.55. The first-order chi connectivity index (χ1) is 10.2. The van der Waals surface area contributed by atoms with Crippen LogP contribution in [0.15, 0.2) is 53.9 Å². The van der Waals surface area contributed by atoms with E-state index >= 15 is 0 Å². The van der Waals surface area contributed by atoms with E-state index in [-0.39, 0.29) is 5.91 Å². The minimum absolute atomic E-state index is 0.274. The Labute approximate surface area is 121 Å². The third kappa shape index (κ3) is 2.97. The molecule has 0 aliphatic carbocycles. The summed E-state index contributed by atoms with van der Waals surface area (Å²) < 4.78 is 0. The number of carbonyl (C=O) groups is 1. The van der Waals surface area contributed by atoms with Gasteiger partial charge in [0.1, 0.15) is 5.69 Å². The van der Waals surface area contributed by atoms with Crippen molar-refractivity contribution in [2.45, 2.75) is 6.92 Å². The highest BCUT2D eigenvalue weighted by Gasteiger charge is 2.08. The van der Waals surface area contributed by atoms with Gasteiger partial charge in [-0.15, -0.1) is 0 Å². The number of hydrogen-bond acceptors (Lipinski definition) is 3. The zero-order valence-electron chi connectivity index (χ0n) is 11.5. The molecule has 2 N–H and O–H groups in total. The Hall–Kier alpha value is -2.95. The van der Waals surface area contributed by atoms with Crippen molar-refractivity contribution in [3.8, 4) is 0 Å². The highest BCUT2D eigenvalue weighted by Crippen LogP contribution is 2.16. The number of aryl methyl sites for hydroxylation is 1. The number of pyridine rings is 1. The molecule has 1 amide bonds. The van der Waals surface area contributed by atoms with E-state index in [4.69, 9.17) is 0 Å². The van der Waals surface area contributed by atoms with Crippen molar-refractivity contribution in [2.75, 3.05) is 0 Å². The molecule has 0 unspecified atom stereocenters. The molecule has 0 atom stereocenters. The van der Waals surface area contributed by atoms with E-state index in [1.54, 1.807) is 18.6 Å². The molecule has 0 radical (unpaired) electrons. The average molecular weight is 278 g/mol. The standard InChI is InChI=1S/C16H14N4O/c1-11-4-5-14-13(7-11)8-15(19-14)16(21)20-18-10-12-3-2-6-17-9-12/h2-10,19H,1H3,(H,20,21). The fourth-order valence-electron chi connectivity index (χ4n) is 2.05. The SMILES string of the molecule is Cc1ccc2[nH]c(C(=O)NN=Cc3cccnc3)cc2c1. The molecule has 5 nitrogen and oxygen atoms in total. The van der Waals surface area contributed by atoms with Crippen molar-refractivity contribution in [3.05, 3.63) is 65.6 Å². The van der Waals surface area contributed by atoms with Crippen molar-refractivity contribution < 1.29 is 4.79 Å². The van der Waals surface area contributed by atoms with Gasteiger partial charge in [-0.1, -0.05) is 17.7 Å². The number of rotatable bonds is 3. The molecule has 21 heavy (non-hydrogen) atoms. The molecule has 0 aliphatic rings. The molecule has 0 aliphatic heterocycles. The summed E-state index contributed by atoms with van der Waals surface area (Å²) in [7, 11) is 0. The molecule has 0 spiro atoms. The zero-order chi connectivity index (χ0) is 14.7. The summed E-state index contributed by atoms with van der Waals surface area (Å²) in [4.78, 5) is 19.1. The highest BCUT2D eigenvalue weighted by molar-refractivity contribution is 5.98. The van der Waals surface area contributed by atoms with E-state index in [0.29, 0.717) is 5.69 Å². The lowest BCUT2D eigenvalue weighted by atomic mass is 10.2. The molecular weight excluding hydrogens is 264 g/mol. The van der Waals surface area contributed by atoms with Crippen molar-refractivity contribution in [3.63, 3.8) is 0 Å². The van der Waals surface area contributed by atoms with Crippen LogP contribution in [0.3, 0.4) is 0 Å². The van der Waals surface area contributed by atoms with Crippen LogP contribution < -0.4 is 5.43 Å². The van der Waals surface area contributed by atoms with Gasteiger partial charge < -0.3 is 4.98 Å². The smallest absolute Gasteiger partial charge is 0.287 e. The molecular formula is C16H14N4O. The van der Waals surface area contributed by atoms with Crippen molar-refractivity contribution >= 4 is 23.0 Å². The van der Waals surface area contributed by atoms with Gasteiger partial charge in [0.25, 0.3) is 5.91 Å². The number of nitrogens with zero attached hydrogens (tertiary/aromatic N) is 2. The number of amides is 1. The number of nitrogens with one attached hydrogen (secondary N) is 2. The summed E-state index contributed by atoms with van der Waals surface area (Å²) >= 11 is 0. The Bertz CT molecular complexity index is 806. The molecule has 3 rings (SSSR count). The van der Waals surface area contributed by atoms with Gasteiger partial charge in [-0.3, -0.25) is 9.78 Å². The van der Waals surface area contributed by atoms with Crippen LogP contribution >= 0.6 is 0 Å². The summed E-state index contributed by atoms with van der Waals surface area (Å²) in [5, 5.41) is 4.93. The van der Waals surface area contributed by atoms with E-state index in [9.17, 15) is 4.79 Å². The Balaban J connectivity index is 1.73. The van der Waals surface area contributed by atoms with Gasteiger partial charge in [0.15, 0.2) is 0 Å². The lowest BCUT2D eigenvalue weighted by Gasteiger charge is -1.95. The second-order valence-corrected chi connectivity index (χ2v) is 4.76. The summed E-state index contributed by atoms with van der Waals surface area (Å²) in [5.41, 5.74) is 5.89. The van der Waals surface area contributed by atoms with E-state index in [0.717, 1.165) is 22.0 Å². The predicted octanol–water partition coefficient (Wildman–Crippen LogP) is 2.64. The topological polar surface area (TPSA) is 70.1 Å². The molecule has 3 aromatic rings. The molecule has 0 fully saturated rings. The molecule has 5 heteroatoms. The zero-order valence-corrected chi connectivity index (χ0v) is 11.5. The third-order valence-corrected chi connectivity index (χ3v) is 3.09. The van der Waals surface area contributed by atoms with Gasteiger partial charge >= 0.3 is 0 Å². The second kappa shape index (κ2) is 5.58. The van der Waals surface area contributed by atoms with Crippen LogP contribution in [0.2, 0.25) is 0 Å². The maximum atomic E-state index is 12.0. The summed E-state index contributed by atoms with van der Waals surface area (Å²) in [6.07, 6.45) is 4.90. The molecule has 0 saturated heterocycles. The van der Waals surface area contributed by atoms with Gasteiger partial charge in [0, 0.05) is 28.9 Å². The molecule has 0 saturated carbocycles. The summed E-state index contributed by atoms with van der Waals surface area (Å²) in [6, 6.07) is 11.5. The fraction of sp³-hybridized carbons (Fsp3) is 0.0625. The minimum atomic E-state index is -0.274. The van der Waals surface area contributed by atoms with Crippen LogP contribution in [0.5, 0.6) is 0 Å². The van der Waals surface area contributed by atoms with E-state index in [1.807, 2.05) is 43.3 Å². The Kier molecular flexibility index (Phi) is 3.47. The number of carbonyl (C=O) groups excluding carboxylic acids is 1. The van der Waals surface area contributed by atoms with Crippen LogP contribution in [-0.4, -0.2) is 22.1 Å². The molecule has 1 aromatic carbocycles. The first kappa shape index (κ1) is 13.1. The number of benzene rings is 1. The van der Waals surface area contributed by atoms with Crippen LogP contribution in [0, 0.1) is 6.92 Å². The lowest BCUT2D eigenvalue weighted by molar-refractivity contribution is 0.0951. The molecule has 104 valence electrons. The number of fused-ring (bicyclic) bond motifs is 1. The fourth-order valence-corrected chi connectivity index (χ4v) is 2.05. The van der Waals surface area contributed by atoms with E-state index < -0.39 is 0 Å². The summed E-state index contributed by atoms with van der Waals surface area (Å²) in [6.45, 7) is 2.02. The Morgan fingerprint density at radius 3 is 3.05 bits per heavy atom. The lowest BCUT2D eigenvalue weighted by Crippen LogP contribution is -2.17. The van der Waals surface area contributed by atoms with Crippen molar-refractivity contribution in [2.24, 2.45) is 5.10 Å². The quantitative estimate of drug-likeness (QED) is 0.571. The van der Waals surface area contributed by atoms with Crippen LogP contribution in [0.4, 0.5) is 0 Å². The maximum absolute atomic E-state index is 12.0. The minimum Gasteiger partial charge on any atom is -0.350 e. The van der Waals surface area contributed by atoms with E-state index in [1.165, 1.54) is 0 Å². The Morgan fingerprint density at radius 2 is 2.24 bits per heavy atom. The van der Waals surface area contributed by atoms with Crippen LogP contribution in [0.25, 0.3) is 10.9 Å². The van der Waals surface area contributed by atoms with Gasteiger partial charge in [-0.25, -0.2) is 5.43 Å². The van der Waals surface area contributed by atoms with Crippen molar-refractivity contribution in [1.29, 1.82) is 0 Å². The van der Waals surface area contributed by atoms with Gasteiger partial charge in [0.05, 0.1) is 6.21 Å². The normalized spacial score (nSPS) is 11.1. The van der Waals surface area contributed by atoms with Crippen LogP contribution in [-0.2, 0) is 0 Å². The number of hydrogen-bond donors (Lipinski definition) is 2. The predicted molar refractivity (Wildman–Crippen MR) is 82.3 cm³/mol. The van der Waals surface area contributed by atoms with Gasteiger partial charge in [-0.2, -0.15) is 5.10 Å². The average Bonchev–Trinajstić information content (AvgIpc) is 2.91. The second-order valence-electron chi connectivity index (χ2n) is 4.76. The molecule has 2 aromatic heterocycles. The number of aromatic nitrogens is 2. The number of aromatic amines is 1. The monoisotopic (exact) mass is 278 g/mol. The van der Waals surface area contributed by atoms with Gasteiger partial charge in [-0.05, 0) is 31.2 Å². The van der Waals surface area contributed by atoms with Gasteiger partial charge in [0.2, 0.25) is 0 Å².